The smallest absolute Gasteiger partial charge is 0.178 e. The Kier molecular flexibility index (Phi) is 15.8. The Bertz CT molecular complexity index is 517. The molecule has 146 valence electrons. The summed E-state index contributed by atoms with van der Waals surface area (Å²) in [4.78, 5) is 0.431. The van der Waals surface area contributed by atoms with Crippen LogP contribution >= 0.6 is 0 Å². The Morgan fingerprint density at radius 2 is 1.44 bits per heavy atom. The zero-order valence-corrected chi connectivity index (χ0v) is 17.7. The molecule has 0 saturated carbocycles. The second kappa shape index (κ2) is 15.2. The normalized spacial score (nSPS) is 10.8. The van der Waals surface area contributed by atoms with Crippen LogP contribution < -0.4 is 0 Å². The second-order valence-electron chi connectivity index (χ2n) is 7.31. The molecule has 0 atom stereocenters. The van der Waals surface area contributed by atoms with Crippen molar-refractivity contribution in [1.29, 1.82) is 0 Å². The molecule has 4 heteroatoms. The average molecular weight is 371 g/mol. The molecule has 0 fully saturated rings. The van der Waals surface area contributed by atoms with E-state index in [-0.39, 0.29) is 5.75 Å². The Morgan fingerprint density at radius 1 is 0.960 bits per heavy atom. The Hall–Kier alpha value is -1.13. The molecule has 0 heterocycles. The van der Waals surface area contributed by atoms with Gasteiger partial charge in [-0.2, -0.15) is 0 Å². The first-order valence-corrected chi connectivity index (χ1v) is 10.7. The van der Waals surface area contributed by atoms with Gasteiger partial charge in [-0.25, -0.2) is 8.42 Å². The monoisotopic (exact) mass is 370 g/mol. The zero-order valence-electron chi connectivity index (χ0n) is 16.9. The fourth-order valence-electron chi connectivity index (χ4n) is 1.47. The van der Waals surface area contributed by atoms with Crippen molar-refractivity contribution in [2.24, 2.45) is 17.8 Å². The minimum absolute atomic E-state index is 0.245. The first kappa shape index (κ1) is 26.1. The maximum Gasteiger partial charge on any atom is 0.178 e. The maximum atomic E-state index is 11.7. The largest absolute Gasteiger partial charge is 0.396 e. The van der Waals surface area contributed by atoms with E-state index in [4.69, 9.17) is 5.11 Å². The minimum atomic E-state index is -3.06. The molecule has 0 unspecified atom stereocenters. The molecular weight excluding hydrogens is 332 g/mol. The molecule has 0 amide bonds. The number of allylic oxidation sites excluding steroid dienone is 1. The summed E-state index contributed by atoms with van der Waals surface area (Å²) in [6.45, 7) is 16.3. The molecular formula is C21H38O3S. The third kappa shape index (κ3) is 17.5. The van der Waals surface area contributed by atoms with Crippen molar-refractivity contribution in [2.75, 3.05) is 12.4 Å². The van der Waals surface area contributed by atoms with Crippen LogP contribution in [0.5, 0.6) is 0 Å². The first-order valence-electron chi connectivity index (χ1n) is 9.06. The van der Waals surface area contributed by atoms with Gasteiger partial charge in [-0.1, -0.05) is 65.8 Å². The molecule has 0 aliphatic rings. The Labute approximate surface area is 156 Å². The highest BCUT2D eigenvalue weighted by atomic mass is 32.2. The molecule has 0 bridgehead atoms. The van der Waals surface area contributed by atoms with E-state index in [1.54, 1.807) is 24.3 Å². The van der Waals surface area contributed by atoms with Gasteiger partial charge in [-0.05, 0) is 42.7 Å². The van der Waals surface area contributed by atoms with Crippen molar-refractivity contribution < 1.29 is 13.5 Å². The summed E-state index contributed by atoms with van der Waals surface area (Å²) in [5.41, 5.74) is 0. The van der Waals surface area contributed by atoms with Gasteiger partial charge in [-0.3, -0.25) is 0 Å². The summed E-state index contributed by atoms with van der Waals surface area (Å²) in [7, 11) is -3.06. The summed E-state index contributed by atoms with van der Waals surface area (Å²) >= 11 is 0. The van der Waals surface area contributed by atoms with E-state index in [9.17, 15) is 8.42 Å². The molecule has 1 aromatic carbocycles. The lowest BCUT2D eigenvalue weighted by atomic mass is 10.1. The topological polar surface area (TPSA) is 54.4 Å². The number of benzene rings is 1. The lowest BCUT2D eigenvalue weighted by molar-refractivity contribution is 0.248. The highest BCUT2D eigenvalue weighted by molar-refractivity contribution is 7.91. The zero-order chi connectivity index (χ0) is 19.9. The van der Waals surface area contributed by atoms with Gasteiger partial charge in [0.1, 0.15) is 0 Å². The van der Waals surface area contributed by atoms with Crippen LogP contribution in [0.2, 0.25) is 0 Å². The highest BCUT2D eigenvalue weighted by Gasteiger charge is 2.13. The fraction of sp³-hybridized carbons (Fsp3) is 0.619. The van der Waals surface area contributed by atoms with Crippen LogP contribution in [0.4, 0.5) is 0 Å². The van der Waals surface area contributed by atoms with E-state index in [0.29, 0.717) is 23.3 Å². The molecule has 0 radical (unpaired) electrons. The van der Waals surface area contributed by atoms with Crippen LogP contribution in [-0.2, 0) is 9.84 Å². The van der Waals surface area contributed by atoms with E-state index in [1.165, 1.54) is 0 Å². The number of aliphatic hydroxyl groups is 1. The van der Waals surface area contributed by atoms with Gasteiger partial charge in [0.05, 0.1) is 10.6 Å². The third-order valence-electron chi connectivity index (χ3n) is 3.07. The molecule has 0 aromatic heterocycles. The quantitative estimate of drug-likeness (QED) is 0.657. The lowest BCUT2D eigenvalue weighted by Crippen LogP contribution is -2.08. The number of rotatable bonds is 7. The molecule has 0 aliphatic carbocycles. The van der Waals surface area contributed by atoms with Crippen molar-refractivity contribution in [3.63, 3.8) is 0 Å². The molecule has 1 rings (SSSR count). The van der Waals surface area contributed by atoms with E-state index in [1.807, 2.05) is 39.8 Å². The van der Waals surface area contributed by atoms with Crippen molar-refractivity contribution in [3.05, 3.63) is 43.0 Å². The molecule has 0 spiro atoms. The summed E-state index contributed by atoms with van der Waals surface area (Å²) in [6, 6.07) is 8.62. The Morgan fingerprint density at radius 3 is 1.72 bits per heavy atom. The van der Waals surface area contributed by atoms with Crippen molar-refractivity contribution in [3.8, 4) is 0 Å². The van der Waals surface area contributed by atoms with Crippen LogP contribution in [0.15, 0.2) is 47.9 Å². The standard InChI is InChI=1S/C11H16O2S.C6H12.C4H10O/c1-10(2)8-9-14(12,13)11-6-4-3-5-7-11;1-4-5-6(2)3;1-4(2)3-5/h3-7,10H,8-9H2,1-2H3;4,6H,1,5H2,2-3H3;4-5H,3H2,1-2H3. The summed E-state index contributed by atoms with van der Waals surface area (Å²) in [5, 5.41) is 8.14. The molecule has 1 N–H and O–H groups in total. The predicted octanol–water partition coefficient (Wildman–Crippen LogP) is 5.36. The lowest BCUT2D eigenvalue weighted by Gasteiger charge is -2.05. The number of hydrogen-bond donors (Lipinski definition) is 1. The SMILES string of the molecule is C=CCC(C)C.CC(C)CCS(=O)(=O)c1ccccc1.CC(C)CO. The van der Waals surface area contributed by atoms with Gasteiger partial charge in [0.25, 0.3) is 0 Å². The minimum Gasteiger partial charge on any atom is -0.396 e. The van der Waals surface area contributed by atoms with E-state index >= 15 is 0 Å². The van der Waals surface area contributed by atoms with Crippen molar-refractivity contribution in [1.82, 2.24) is 0 Å². The third-order valence-corrected chi connectivity index (χ3v) is 4.83. The summed E-state index contributed by atoms with van der Waals surface area (Å²) in [6.07, 6.45) is 3.81. The maximum absolute atomic E-state index is 11.7. The molecule has 3 nitrogen and oxygen atoms in total. The van der Waals surface area contributed by atoms with Crippen molar-refractivity contribution >= 4 is 9.84 Å². The van der Waals surface area contributed by atoms with E-state index < -0.39 is 9.84 Å². The van der Waals surface area contributed by atoms with Crippen molar-refractivity contribution in [2.45, 2.75) is 59.3 Å². The van der Waals surface area contributed by atoms with Gasteiger partial charge in [0.2, 0.25) is 0 Å². The number of sulfone groups is 1. The average Bonchev–Trinajstić information content (AvgIpc) is 2.55. The van der Waals surface area contributed by atoms with Crippen LogP contribution in [0.25, 0.3) is 0 Å². The summed E-state index contributed by atoms with van der Waals surface area (Å²) in [5.74, 6) is 1.89. The van der Waals surface area contributed by atoms with Crippen LogP contribution in [0, 0.1) is 17.8 Å². The summed E-state index contributed by atoms with van der Waals surface area (Å²) < 4.78 is 23.5. The molecule has 1 aromatic rings. The molecule has 0 saturated heterocycles. The van der Waals surface area contributed by atoms with E-state index in [2.05, 4.69) is 20.4 Å². The predicted molar refractivity (Wildman–Crippen MR) is 110 cm³/mol. The first-order chi connectivity index (χ1) is 11.6. The highest BCUT2D eigenvalue weighted by Crippen LogP contribution is 2.13. The van der Waals surface area contributed by atoms with Gasteiger partial charge in [0, 0.05) is 6.61 Å². The number of aliphatic hydroxyl groups excluding tert-OH is 1. The Balaban J connectivity index is 0. The fourth-order valence-corrected chi connectivity index (χ4v) is 3.06. The second-order valence-corrected chi connectivity index (χ2v) is 9.42. The number of hydrogen-bond acceptors (Lipinski definition) is 3. The van der Waals surface area contributed by atoms with Gasteiger partial charge in [-0.15, -0.1) is 6.58 Å². The molecule has 0 aliphatic heterocycles. The van der Waals surface area contributed by atoms with Gasteiger partial charge in [0.15, 0.2) is 9.84 Å². The van der Waals surface area contributed by atoms with Gasteiger partial charge < -0.3 is 5.11 Å². The molecule has 25 heavy (non-hydrogen) atoms. The van der Waals surface area contributed by atoms with E-state index in [0.717, 1.165) is 18.8 Å². The van der Waals surface area contributed by atoms with Crippen LogP contribution in [0.1, 0.15) is 54.4 Å². The van der Waals surface area contributed by atoms with Crippen LogP contribution in [-0.4, -0.2) is 25.9 Å². The van der Waals surface area contributed by atoms with Gasteiger partial charge >= 0.3 is 0 Å². The van der Waals surface area contributed by atoms with Crippen LogP contribution in [0.3, 0.4) is 0 Å².